The van der Waals surface area contributed by atoms with E-state index in [9.17, 15) is 30.0 Å². The van der Waals surface area contributed by atoms with Crippen LogP contribution in [0.3, 0.4) is 0 Å². The average Bonchev–Trinajstić information content (AvgIpc) is 2.57. The van der Waals surface area contributed by atoms with Gasteiger partial charge in [-0.15, -0.1) is 0 Å². The summed E-state index contributed by atoms with van der Waals surface area (Å²) in [5.74, 6) is -2.70. The van der Waals surface area contributed by atoms with Crippen molar-refractivity contribution in [3.63, 3.8) is 0 Å². The highest BCUT2D eigenvalue weighted by Crippen LogP contribution is 2.17. The SMILES string of the molecule is O=C(/C=C/c1ccccc1O)C(=O)[C@H](O)[C@@H](O)[C@H](O)[C@H](O)CO. The number of aliphatic hydroxyl groups excluding tert-OH is 5. The van der Waals surface area contributed by atoms with E-state index < -0.39 is 42.6 Å². The lowest BCUT2D eigenvalue weighted by atomic mass is 9.98. The summed E-state index contributed by atoms with van der Waals surface area (Å²) in [7, 11) is 0. The van der Waals surface area contributed by atoms with E-state index in [1.165, 1.54) is 12.1 Å². The Balaban J connectivity index is 2.76. The number of ketones is 2. The summed E-state index contributed by atoms with van der Waals surface area (Å²) >= 11 is 0. The first-order valence-electron chi connectivity index (χ1n) is 6.67. The van der Waals surface area contributed by atoms with Crippen molar-refractivity contribution in [1.82, 2.24) is 0 Å². The molecular weight excluding hydrogens is 308 g/mol. The highest BCUT2D eigenvalue weighted by Gasteiger charge is 2.36. The second kappa shape index (κ2) is 8.51. The Bertz CT molecular complexity index is 583. The number of aliphatic hydroxyl groups is 5. The largest absolute Gasteiger partial charge is 0.507 e. The first kappa shape index (κ1) is 18.9. The molecular formula is C15H18O8. The zero-order valence-electron chi connectivity index (χ0n) is 12.0. The highest BCUT2D eigenvalue weighted by atomic mass is 16.4. The number of carbonyl (C=O) groups is 2. The van der Waals surface area contributed by atoms with Gasteiger partial charge in [-0.1, -0.05) is 18.2 Å². The Labute approximate surface area is 131 Å². The maximum absolute atomic E-state index is 11.7. The molecule has 4 atom stereocenters. The summed E-state index contributed by atoms with van der Waals surface area (Å²) in [6.07, 6.45) is -6.26. The van der Waals surface area contributed by atoms with Crippen molar-refractivity contribution in [2.75, 3.05) is 6.61 Å². The number of phenolic OH excluding ortho intramolecular Hbond substituents is 1. The van der Waals surface area contributed by atoms with E-state index in [1.807, 2.05) is 0 Å². The summed E-state index contributed by atoms with van der Waals surface area (Å²) in [5, 5.41) is 55.8. The molecule has 0 radical (unpaired) electrons. The number of para-hydroxylation sites is 1. The minimum Gasteiger partial charge on any atom is -0.507 e. The molecule has 8 heteroatoms. The molecule has 0 aliphatic rings. The molecule has 0 aliphatic carbocycles. The van der Waals surface area contributed by atoms with E-state index in [2.05, 4.69) is 0 Å². The van der Waals surface area contributed by atoms with E-state index >= 15 is 0 Å². The van der Waals surface area contributed by atoms with Crippen LogP contribution in [0.25, 0.3) is 6.08 Å². The van der Waals surface area contributed by atoms with Crippen LogP contribution < -0.4 is 0 Å². The van der Waals surface area contributed by atoms with E-state index in [0.717, 1.165) is 12.2 Å². The highest BCUT2D eigenvalue weighted by molar-refractivity contribution is 6.43. The second-order valence-corrected chi connectivity index (χ2v) is 4.80. The van der Waals surface area contributed by atoms with Crippen LogP contribution in [-0.2, 0) is 9.59 Å². The number of phenols is 1. The van der Waals surface area contributed by atoms with Crippen LogP contribution in [0, 0.1) is 0 Å². The Kier molecular flexibility index (Phi) is 7.01. The molecule has 0 saturated carbocycles. The number of carbonyl (C=O) groups excluding carboxylic acids is 2. The quantitative estimate of drug-likeness (QED) is 0.236. The Morgan fingerprint density at radius 1 is 1.04 bits per heavy atom. The van der Waals surface area contributed by atoms with Crippen LogP contribution in [0.1, 0.15) is 5.56 Å². The maximum atomic E-state index is 11.7. The van der Waals surface area contributed by atoms with Gasteiger partial charge in [0.1, 0.15) is 30.2 Å². The second-order valence-electron chi connectivity index (χ2n) is 4.80. The van der Waals surface area contributed by atoms with Crippen molar-refractivity contribution in [2.45, 2.75) is 24.4 Å². The third-order valence-corrected chi connectivity index (χ3v) is 3.12. The van der Waals surface area contributed by atoms with E-state index in [1.54, 1.807) is 12.1 Å². The van der Waals surface area contributed by atoms with Gasteiger partial charge in [0.2, 0.25) is 11.6 Å². The van der Waals surface area contributed by atoms with Gasteiger partial charge in [-0.2, -0.15) is 0 Å². The fourth-order valence-corrected chi connectivity index (χ4v) is 1.70. The number of Topliss-reactive ketones (excluding diaryl/α,β-unsaturated/α-hetero) is 1. The van der Waals surface area contributed by atoms with Crippen LogP contribution in [0.2, 0.25) is 0 Å². The summed E-state index contributed by atoms with van der Waals surface area (Å²) in [5.41, 5.74) is 0.263. The summed E-state index contributed by atoms with van der Waals surface area (Å²) in [4.78, 5) is 23.3. The molecule has 126 valence electrons. The molecule has 0 aliphatic heterocycles. The van der Waals surface area contributed by atoms with E-state index in [4.69, 9.17) is 10.2 Å². The Morgan fingerprint density at radius 2 is 1.65 bits per heavy atom. The molecule has 0 amide bonds. The molecule has 1 rings (SSSR count). The smallest absolute Gasteiger partial charge is 0.233 e. The van der Waals surface area contributed by atoms with Gasteiger partial charge in [0, 0.05) is 5.56 Å². The average molecular weight is 326 g/mol. The van der Waals surface area contributed by atoms with Gasteiger partial charge < -0.3 is 30.6 Å². The molecule has 0 heterocycles. The first-order valence-corrected chi connectivity index (χ1v) is 6.67. The van der Waals surface area contributed by atoms with Gasteiger partial charge in [0.25, 0.3) is 0 Å². The summed E-state index contributed by atoms with van der Waals surface area (Å²) < 4.78 is 0. The number of allylic oxidation sites excluding steroid dienone is 1. The van der Waals surface area contributed by atoms with Crippen molar-refractivity contribution < 1.29 is 40.2 Å². The predicted octanol–water partition coefficient (Wildman–Crippen LogP) is -2.02. The molecule has 1 aromatic carbocycles. The fraction of sp³-hybridized carbons (Fsp3) is 0.333. The molecule has 23 heavy (non-hydrogen) atoms. The lowest BCUT2D eigenvalue weighted by molar-refractivity contribution is -0.152. The minimum absolute atomic E-state index is 0.119. The normalized spacial score (nSPS) is 16.7. The van der Waals surface area contributed by atoms with Gasteiger partial charge >= 0.3 is 0 Å². The predicted molar refractivity (Wildman–Crippen MR) is 78.3 cm³/mol. The van der Waals surface area contributed by atoms with E-state index in [-0.39, 0.29) is 11.3 Å². The van der Waals surface area contributed by atoms with Crippen molar-refractivity contribution >= 4 is 17.6 Å². The minimum atomic E-state index is -2.27. The lowest BCUT2D eigenvalue weighted by Crippen LogP contribution is -2.49. The third-order valence-electron chi connectivity index (χ3n) is 3.12. The fourth-order valence-electron chi connectivity index (χ4n) is 1.70. The van der Waals surface area contributed by atoms with Gasteiger partial charge in [-0.05, 0) is 18.2 Å². The molecule has 1 aromatic rings. The molecule has 0 saturated heterocycles. The topological polar surface area (TPSA) is 156 Å². The molecule has 0 fully saturated rings. The molecule has 0 bridgehead atoms. The van der Waals surface area contributed by atoms with Crippen LogP contribution in [-0.4, -0.2) is 73.2 Å². The monoisotopic (exact) mass is 326 g/mol. The third kappa shape index (κ3) is 4.95. The lowest BCUT2D eigenvalue weighted by Gasteiger charge is -2.24. The van der Waals surface area contributed by atoms with Crippen molar-refractivity contribution in [3.05, 3.63) is 35.9 Å². The van der Waals surface area contributed by atoms with E-state index in [0.29, 0.717) is 0 Å². The summed E-state index contributed by atoms with van der Waals surface area (Å²) in [6.45, 7) is -0.903. The number of rotatable bonds is 8. The van der Waals surface area contributed by atoms with Gasteiger partial charge in [0.05, 0.1) is 6.61 Å². The molecule has 6 N–H and O–H groups in total. The molecule has 0 unspecified atom stereocenters. The van der Waals surface area contributed by atoms with Crippen LogP contribution in [0.5, 0.6) is 5.75 Å². The first-order chi connectivity index (χ1) is 10.8. The van der Waals surface area contributed by atoms with Gasteiger partial charge in [0.15, 0.2) is 0 Å². The number of hydrogen-bond acceptors (Lipinski definition) is 8. The zero-order chi connectivity index (χ0) is 17.6. The van der Waals surface area contributed by atoms with Crippen molar-refractivity contribution in [1.29, 1.82) is 0 Å². The number of hydrogen-bond donors (Lipinski definition) is 6. The maximum Gasteiger partial charge on any atom is 0.233 e. The van der Waals surface area contributed by atoms with Crippen molar-refractivity contribution in [2.24, 2.45) is 0 Å². The van der Waals surface area contributed by atoms with Crippen LogP contribution >= 0.6 is 0 Å². The van der Waals surface area contributed by atoms with Crippen LogP contribution in [0.4, 0.5) is 0 Å². The number of benzene rings is 1. The van der Waals surface area contributed by atoms with Gasteiger partial charge in [-0.3, -0.25) is 9.59 Å². The molecule has 0 aromatic heterocycles. The Hall–Kier alpha value is -2.10. The Morgan fingerprint density at radius 3 is 2.22 bits per heavy atom. The standard InChI is InChI=1S/C15H18O8/c16-7-11(19)13(21)15(23)14(22)12(20)10(18)6-5-8-3-1-2-4-9(8)17/h1-6,11,13-17,19,21-23H,7H2/b6-5+/t11-,13-,14+,15+/m1/s1. The zero-order valence-corrected chi connectivity index (χ0v) is 12.0. The summed E-state index contributed by atoms with van der Waals surface area (Å²) in [6, 6.07) is 6.01. The molecule has 8 nitrogen and oxygen atoms in total. The van der Waals surface area contributed by atoms with Crippen molar-refractivity contribution in [3.8, 4) is 5.75 Å². The van der Waals surface area contributed by atoms with Crippen LogP contribution in [0.15, 0.2) is 30.3 Å². The molecule has 0 spiro atoms. The van der Waals surface area contributed by atoms with Gasteiger partial charge in [-0.25, -0.2) is 0 Å². The number of aromatic hydroxyl groups is 1.